The van der Waals surface area contributed by atoms with Crippen LogP contribution in [0.2, 0.25) is 0 Å². The third-order valence-corrected chi connectivity index (χ3v) is 1.83. The van der Waals surface area contributed by atoms with Crippen LogP contribution < -0.4 is 10.6 Å². The van der Waals surface area contributed by atoms with Crippen LogP contribution in [0.25, 0.3) is 0 Å². The topological polar surface area (TPSA) is 50.4 Å². The number of amides is 1. The molecule has 0 atom stereocenters. The van der Waals surface area contributed by atoms with E-state index in [9.17, 15) is 4.79 Å². The molecule has 0 aromatic rings. The molecule has 0 bridgehead atoms. The summed E-state index contributed by atoms with van der Waals surface area (Å²) < 4.78 is 5.05. The first-order valence-electron chi connectivity index (χ1n) is 5.02. The van der Waals surface area contributed by atoms with Gasteiger partial charge in [-0.15, -0.1) is 0 Å². The van der Waals surface area contributed by atoms with Crippen LogP contribution in [0.15, 0.2) is 0 Å². The van der Waals surface area contributed by atoms with E-state index in [1.54, 1.807) is 7.11 Å². The van der Waals surface area contributed by atoms with Crippen LogP contribution in [0.3, 0.4) is 0 Å². The zero-order valence-corrected chi connectivity index (χ0v) is 9.64. The maximum atomic E-state index is 11.1. The number of carbonyl (C=O) groups excluding carboxylic acids is 1. The van der Waals surface area contributed by atoms with E-state index in [-0.39, 0.29) is 11.4 Å². The number of methoxy groups -OCH3 is 1. The molecular formula is C10H22N2O2. The van der Waals surface area contributed by atoms with Gasteiger partial charge in [-0.25, -0.2) is 0 Å². The average Bonchev–Trinajstić information content (AvgIpc) is 2.03. The van der Waals surface area contributed by atoms with Crippen molar-refractivity contribution in [1.82, 2.24) is 10.6 Å². The fourth-order valence-corrected chi connectivity index (χ4v) is 1.21. The molecule has 0 rings (SSSR count). The lowest BCUT2D eigenvalue weighted by atomic mass is 10.1. The fourth-order valence-electron chi connectivity index (χ4n) is 1.21. The van der Waals surface area contributed by atoms with Crippen molar-refractivity contribution in [2.75, 3.05) is 26.8 Å². The summed E-state index contributed by atoms with van der Waals surface area (Å²) >= 11 is 0. The number of rotatable bonds is 7. The Morgan fingerprint density at radius 3 is 2.57 bits per heavy atom. The summed E-state index contributed by atoms with van der Waals surface area (Å²) in [6, 6.07) is 0. The summed E-state index contributed by atoms with van der Waals surface area (Å²) in [5.74, 6) is 0.0909. The molecule has 4 heteroatoms. The summed E-state index contributed by atoms with van der Waals surface area (Å²) in [5, 5.41) is 6.02. The minimum Gasteiger partial charge on any atom is -0.383 e. The lowest BCUT2D eigenvalue weighted by Crippen LogP contribution is -2.44. The van der Waals surface area contributed by atoms with E-state index >= 15 is 0 Å². The van der Waals surface area contributed by atoms with Crippen LogP contribution in [0.5, 0.6) is 0 Å². The highest BCUT2D eigenvalue weighted by Crippen LogP contribution is 2.01. The Morgan fingerprint density at radius 2 is 2.07 bits per heavy atom. The van der Waals surface area contributed by atoms with Crippen molar-refractivity contribution in [1.29, 1.82) is 0 Å². The van der Waals surface area contributed by atoms with Crippen molar-refractivity contribution < 1.29 is 9.53 Å². The molecule has 0 aliphatic carbocycles. The smallest absolute Gasteiger partial charge is 0.221 e. The molecule has 0 aliphatic heterocycles. The second-order valence-electron chi connectivity index (χ2n) is 3.95. The predicted octanol–water partition coefficient (Wildman–Crippen LogP) is 0.527. The quantitative estimate of drug-likeness (QED) is 0.633. The van der Waals surface area contributed by atoms with Crippen molar-refractivity contribution in [3.63, 3.8) is 0 Å². The van der Waals surface area contributed by atoms with Crippen LogP contribution in [0.4, 0.5) is 0 Å². The van der Waals surface area contributed by atoms with Gasteiger partial charge in [-0.1, -0.05) is 0 Å². The van der Waals surface area contributed by atoms with E-state index < -0.39 is 0 Å². The molecule has 0 heterocycles. The first kappa shape index (κ1) is 13.4. The number of nitrogens with one attached hydrogen (secondary N) is 2. The standard InChI is InChI=1S/C10H22N2O2/c1-5-11-9(13)6-7-12-10(2,3)8-14-4/h12H,5-8H2,1-4H3,(H,11,13). The van der Waals surface area contributed by atoms with Gasteiger partial charge in [-0.3, -0.25) is 4.79 Å². The first-order valence-corrected chi connectivity index (χ1v) is 5.02. The molecule has 0 fully saturated rings. The molecule has 0 saturated carbocycles. The molecule has 0 saturated heterocycles. The molecule has 14 heavy (non-hydrogen) atoms. The zero-order chi connectivity index (χ0) is 11.0. The van der Waals surface area contributed by atoms with Gasteiger partial charge in [0.25, 0.3) is 0 Å². The maximum absolute atomic E-state index is 11.1. The molecule has 0 spiro atoms. The lowest BCUT2D eigenvalue weighted by Gasteiger charge is -2.25. The summed E-state index contributed by atoms with van der Waals surface area (Å²) in [7, 11) is 1.67. The van der Waals surface area contributed by atoms with Gasteiger partial charge >= 0.3 is 0 Å². The van der Waals surface area contributed by atoms with Gasteiger partial charge in [-0.05, 0) is 20.8 Å². The van der Waals surface area contributed by atoms with Gasteiger partial charge in [0, 0.05) is 32.2 Å². The van der Waals surface area contributed by atoms with Crippen molar-refractivity contribution in [2.24, 2.45) is 0 Å². The van der Waals surface area contributed by atoms with E-state index in [0.717, 1.165) is 0 Å². The molecule has 0 radical (unpaired) electrons. The van der Waals surface area contributed by atoms with Gasteiger partial charge in [0.2, 0.25) is 5.91 Å². The number of hydrogen-bond donors (Lipinski definition) is 2. The normalized spacial score (nSPS) is 11.4. The van der Waals surface area contributed by atoms with Crippen LogP contribution in [-0.2, 0) is 9.53 Å². The third-order valence-electron chi connectivity index (χ3n) is 1.83. The summed E-state index contributed by atoms with van der Waals surface area (Å²) in [6.07, 6.45) is 0.515. The second-order valence-corrected chi connectivity index (χ2v) is 3.95. The van der Waals surface area contributed by atoms with Gasteiger partial charge in [0.15, 0.2) is 0 Å². The summed E-state index contributed by atoms with van der Waals surface area (Å²) in [6.45, 7) is 8.04. The Bertz CT molecular complexity index is 170. The molecule has 1 amide bonds. The van der Waals surface area contributed by atoms with E-state index in [4.69, 9.17) is 4.74 Å². The lowest BCUT2D eigenvalue weighted by molar-refractivity contribution is -0.120. The Morgan fingerprint density at radius 1 is 1.43 bits per heavy atom. The zero-order valence-electron chi connectivity index (χ0n) is 9.64. The molecule has 0 unspecified atom stereocenters. The molecule has 4 nitrogen and oxygen atoms in total. The minimum absolute atomic E-state index is 0.0682. The van der Waals surface area contributed by atoms with Crippen molar-refractivity contribution in [2.45, 2.75) is 32.7 Å². The summed E-state index contributed by atoms with van der Waals surface area (Å²) in [5.41, 5.74) is -0.0682. The van der Waals surface area contributed by atoms with Gasteiger partial charge in [0.05, 0.1) is 6.61 Å². The third kappa shape index (κ3) is 6.86. The monoisotopic (exact) mass is 202 g/mol. The number of hydrogen-bond acceptors (Lipinski definition) is 3. The maximum Gasteiger partial charge on any atom is 0.221 e. The molecule has 0 aromatic carbocycles. The van der Waals surface area contributed by atoms with Crippen LogP contribution in [0.1, 0.15) is 27.2 Å². The van der Waals surface area contributed by atoms with Crippen molar-refractivity contribution >= 4 is 5.91 Å². The first-order chi connectivity index (χ1) is 6.52. The highest BCUT2D eigenvalue weighted by Gasteiger charge is 2.16. The molecule has 84 valence electrons. The summed E-state index contributed by atoms with van der Waals surface area (Å²) in [4.78, 5) is 11.1. The predicted molar refractivity (Wildman–Crippen MR) is 57.3 cm³/mol. The van der Waals surface area contributed by atoms with E-state index in [0.29, 0.717) is 26.1 Å². The number of carbonyl (C=O) groups is 1. The van der Waals surface area contributed by atoms with Gasteiger partial charge < -0.3 is 15.4 Å². The highest BCUT2D eigenvalue weighted by molar-refractivity contribution is 5.75. The highest BCUT2D eigenvalue weighted by atomic mass is 16.5. The van der Waals surface area contributed by atoms with E-state index in [1.165, 1.54) is 0 Å². The molecule has 0 aromatic heterocycles. The van der Waals surface area contributed by atoms with Gasteiger partial charge in [0.1, 0.15) is 0 Å². The Labute approximate surface area is 86.4 Å². The van der Waals surface area contributed by atoms with E-state index in [2.05, 4.69) is 10.6 Å². The van der Waals surface area contributed by atoms with Crippen LogP contribution in [-0.4, -0.2) is 38.3 Å². The fraction of sp³-hybridized carbons (Fsp3) is 0.900. The van der Waals surface area contributed by atoms with E-state index in [1.807, 2.05) is 20.8 Å². The SMILES string of the molecule is CCNC(=O)CCNC(C)(C)COC. The van der Waals surface area contributed by atoms with Crippen molar-refractivity contribution in [3.8, 4) is 0 Å². The van der Waals surface area contributed by atoms with Crippen LogP contribution in [0, 0.1) is 0 Å². The molecule has 2 N–H and O–H groups in total. The molecule has 0 aliphatic rings. The van der Waals surface area contributed by atoms with Crippen molar-refractivity contribution in [3.05, 3.63) is 0 Å². The largest absolute Gasteiger partial charge is 0.383 e. The van der Waals surface area contributed by atoms with Gasteiger partial charge in [-0.2, -0.15) is 0 Å². The Hall–Kier alpha value is -0.610. The average molecular weight is 202 g/mol. The minimum atomic E-state index is -0.0682. The Balaban J connectivity index is 3.57. The second kappa shape index (κ2) is 6.79. The number of ether oxygens (including phenoxy) is 1. The molecular weight excluding hydrogens is 180 g/mol. The van der Waals surface area contributed by atoms with Crippen LogP contribution >= 0.6 is 0 Å². The Kier molecular flexibility index (Phi) is 6.49.